The fraction of sp³-hybridized carbons (Fsp3) is 0.625. The second kappa shape index (κ2) is 8.63. The largest absolute Gasteiger partial charge is 0.383 e. The first kappa shape index (κ1) is 15.8. The van der Waals surface area contributed by atoms with Gasteiger partial charge in [0, 0.05) is 31.8 Å². The first-order valence-electron chi connectivity index (χ1n) is 7.36. The van der Waals surface area contributed by atoms with Crippen molar-refractivity contribution in [2.24, 2.45) is 0 Å². The third-order valence-corrected chi connectivity index (χ3v) is 4.00. The monoisotopic (exact) mass is 297 g/mol. The summed E-state index contributed by atoms with van der Waals surface area (Å²) in [6.45, 7) is 3.45. The van der Waals surface area contributed by atoms with Crippen LogP contribution in [-0.2, 0) is 9.47 Å². The second-order valence-electron chi connectivity index (χ2n) is 5.32. The summed E-state index contributed by atoms with van der Waals surface area (Å²) in [7, 11) is 1.72. The van der Waals surface area contributed by atoms with Crippen molar-refractivity contribution in [3.63, 3.8) is 0 Å². The summed E-state index contributed by atoms with van der Waals surface area (Å²) in [6, 6.07) is 8.17. The minimum atomic E-state index is 0.392. The lowest BCUT2D eigenvalue weighted by Crippen LogP contribution is -2.27. The van der Waals surface area contributed by atoms with Gasteiger partial charge in [-0.05, 0) is 42.9 Å². The standard InChI is InChI=1S/C16H24ClNO2/c1-19-9-7-18-12-14(11-16-6-3-8-20-16)13-4-2-5-15(17)10-13/h2,4-5,10,14,16,18H,3,6-9,11-12H2,1H3. The summed E-state index contributed by atoms with van der Waals surface area (Å²) in [5.74, 6) is 0.439. The molecule has 0 amide bonds. The summed E-state index contributed by atoms with van der Waals surface area (Å²) in [4.78, 5) is 0. The lowest BCUT2D eigenvalue weighted by Gasteiger charge is -2.21. The molecule has 1 N–H and O–H groups in total. The van der Waals surface area contributed by atoms with Crippen LogP contribution in [0.15, 0.2) is 24.3 Å². The zero-order chi connectivity index (χ0) is 14.2. The van der Waals surface area contributed by atoms with E-state index in [1.54, 1.807) is 7.11 Å². The molecule has 1 saturated heterocycles. The lowest BCUT2D eigenvalue weighted by molar-refractivity contribution is 0.0974. The topological polar surface area (TPSA) is 30.5 Å². The smallest absolute Gasteiger partial charge is 0.0587 e. The van der Waals surface area contributed by atoms with E-state index in [4.69, 9.17) is 21.1 Å². The summed E-state index contributed by atoms with van der Waals surface area (Å²) < 4.78 is 10.9. The SMILES string of the molecule is COCCNCC(CC1CCCO1)c1cccc(Cl)c1. The van der Waals surface area contributed by atoms with Crippen LogP contribution in [0.2, 0.25) is 5.02 Å². The van der Waals surface area contributed by atoms with E-state index in [0.717, 1.165) is 37.7 Å². The van der Waals surface area contributed by atoms with Gasteiger partial charge in [0.15, 0.2) is 0 Å². The molecule has 2 unspecified atom stereocenters. The summed E-state index contributed by atoms with van der Waals surface area (Å²) in [5.41, 5.74) is 1.29. The Balaban J connectivity index is 1.94. The molecule has 0 saturated carbocycles. The van der Waals surface area contributed by atoms with Crippen molar-refractivity contribution in [2.75, 3.05) is 33.4 Å². The fourth-order valence-electron chi connectivity index (χ4n) is 2.70. The molecule has 1 heterocycles. The van der Waals surface area contributed by atoms with Crippen LogP contribution in [0.25, 0.3) is 0 Å². The predicted molar refractivity (Wildman–Crippen MR) is 82.5 cm³/mol. The van der Waals surface area contributed by atoms with Gasteiger partial charge >= 0.3 is 0 Å². The average Bonchev–Trinajstić information content (AvgIpc) is 2.95. The lowest BCUT2D eigenvalue weighted by atomic mass is 9.92. The molecule has 1 aliphatic heterocycles. The van der Waals surface area contributed by atoms with Crippen LogP contribution in [-0.4, -0.2) is 39.5 Å². The maximum Gasteiger partial charge on any atom is 0.0587 e. The number of ether oxygens (including phenoxy) is 2. The predicted octanol–water partition coefficient (Wildman–Crippen LogP) is 3.23. The van der Waals surface area contributed by atoms with E-state index in [0.29, 0.717) is 12.0 Å². The molecule has 2 rings (SSSR count). The molecule has 1 fully saturated rings. The molecule has 1 aromatic rings. The Labute approximate surface area is 126 Å². The Hall–Kier alpha value is -0.610. The van der Waals surface area contributed by atoms with E-state index < -0.39 is 0 Å². The molecular formula is C16H24ClNO2. The first-order chi connectivity index (χ1) is 9.79. The highest BCUT2D eigenvalue weighted by Crippen LogP contribution is 2.28. The van der Waals surface area contributed by atoms with Crippen LogP contribution in [0.5, 0.6) is 0 Å². The number of halogens is 1. The minimum absolute atomic E-state index is 0.392. The molecule has 112 valence electrons. The van der Waals surface area contributed by atoms with Crippen LogP contribution < -0.4 is 5.32 Å². The van der Waals surface area contributed by atoms with Gasteiger partial charge < -0.3 is 14.8 Å². The van der Waals surface area contributed by atoms with E-state index in [1.165, 1.54) is 18.4 Å². The Morgan fingerprint density at radius 1 is 1.50 bits per heavy atom. The Kier molecular flexibility index (Phi) is 6.80. The van der Waals surface area contributed by atoms with Gasteiger partial charge in [0.25, 0.3) is 0 Å². The highest BCUT2D eigenvalue weighted by Gasteiger charge is 2.22. The van der Waals surface area contributed by atoms with Gasteiger partial charge in [0.2, 0.25) is 0 Å². The van der Waals surface area contributed by atoms with Crippen molar-refractivity contribution in [1.29, 1.82) is 0 Å². The normalized spacial score (nSPS) is 20.2. The van der Waals surface area contributed by atoms with E-state index in [-0.39, 0.29) is 0 Å². The number of hydrogen-bond donors (Lipinski definition) is 1. The molecule has 20 heavy (non-hydrogen) atoms. The van der Waals surface area contributed by atoms with Crippen molar-refractivity contribution in [3.05, 3.63) is 34.9 Å². The number of nitrogens with one attached hydrogen (secondary N) is 1. The summed E-state index contributed by atoms with van der Waals surface area (Å²) in [5, 5.41) is 4.26. The maximum absolute atomic E-state index is 6.12. The van der Waals surface area contributed by atoms with Crippen molar-refractivity contribution in [2.45, 2.75) is 31.3 Å². The Bertz CT molecular complexity index is 394. The zero-order valence-corrected chi connectivity index (χ0v) is 12.9. The van der Waals surface area contributed by atoms with Gasteiger partial charge in [0.05, 0.1) is 12.7 Å². The maximum atomic E-state index is 6.12. The van der Waals surface area contributed by atoms with Crippen molar-refractivity contribution < 1.29 is 9.47 Å². The van der Waals surface area contributed by atoms with Crippen molar-refractivity contribution in [3.8, 4) is 0 Å². The van der Waals surface area contributed by atoms with Crippen molar-refractivity contribution in [1.82, 2.24) is 5.32 Å². The van der Waals surface area contributed by atoms with E-state index >= 15 is 0 Å². The molecule has 0 spiro atoms. The van der Waals surface area contributed by atoms with Gasteiger partial charge in [0.1, 0.15) is 0 Å². The molecule has 1 aliphatic rings. The van der Waals surface area contributed by atoms with Gasteiger partial charge in [-0.15, -0.1) is 0 Å². The van der Waals surface area contributed by atoms with Crippen molar-refractivity contribution >= 4 is 11.6 Å². The van der Waals surface area contributed by atoms with Gasteiger partial charge in [-0.25, -0.2) is 0 Å². The molecule has 0 bridgehead atoms. The van der Waals surface area contributed by atoms with E-state index in [2.05, 4.69) is 17.4 Å². The average molecular weight is 298 g/mol. The summed E-state index contributed by atoms with van der Waals surface area (Å²) >= 11 is 6.12. The van der Waals surface area contributed by atoms with Crippen LogP contribution in [0, 0.1) is 0 Å². The fourth-order valence-corrected chi connectivity index (χ4v) is 2.89. The number of methoxy groups -OCH3 is 1. The molecular weight excluding hydrogens is 274 g/mol. The van der Waals surface area contributed by atoms with Gasteiger partial charge in [-0.2, -0.15) is 0 Å². The number of hydrogen-bond acceptors (Lipinski definition) is 3. The Morgan fingerprint density at radius 2 is 2.40 bits per heavy atom. The molecule has 1 aromatic carbocycles. The zero-order valence-electron chi connectivity index (χ0n) is 12.1. The Morgan fingerprint density at radius 3 is 3.10 bits per heavy atom. The number of benzene rings is 1. The summed E-state index contributed by atoms with van der Waals surface area (Å²) in [6.07, 6.45) is 3.81. The van der Waals surface area contributed by atoms with Crippen LogP contribution in [0.4, 0.5) is 0 Å². The van der Waals surface area contributed by atoms with Gasteiger partial charge in [-0.3, -0.25) is 0 Å². The quantitative estimate of drug-likeness (QED) is 0.747. The minimum Gasteiger partial charge on any atom is -0.383 e. The first-order valence-corrected chi connectivity index (χ1v) is 7.74. The van der Waals surface area contributed by atoms with Crippen LogP contribution in [0.3, 0.4) is 0 Å². The molecule has 0 aliphatic carbocycles. The third kappa shape index (κ3) is 5.06. The molecule has 0 radical (unpaired) electrons. The highest BCUT2D eigenvalue weighted by atomic mass is 35.5. The molecule has 2 atom stereocenters. The molecule has 3 nitrogen and oxygen atoms in total. The van der Waals surface area contributed by atoms with Gasteiger partial charge in [-0.1, -0.05) is 23.7 Å². The van der Waals surface area contributed by atoms with E-state index in [1.807, 2.05) is 12.1 Å². The third-order valence-electron chi connectivity index (χ3n) is 3.77. The molecule has 0 aromatic heterocycles. The van der Waals surface area contributed by atoms with Crippen LogP contribution in [0.1, 0.15) is 30.7 Å². The highest BCUT2D eigenvalue weighted by molar-refractivity contribution is 6.30. The van der Waals surface area contributed by atoms with E-state index in [9.17, 15) is 0 Å². The van der Waals surface area contributed by atoms with Crippen LogP contribution >= 0.6 is 11.6 Å². The second-order valence-corrected chi connectivity index (χ2v) is 5.76. The number of rotatable bonds is 8. The molecule has 4 heteroatoms.